The molecule has 1 N–H and O–H groups in total. The van der Waals surface area contributed by atoms with Crippen LogP contribution in [0.5, 0.6) is 0 Å². The van der Waals surface area contributed by atoms with Gasteiger partial charge in [-0.15, -0.1) is 0 Å². The zero-order valence-corrected chi connectivity index (χ0v) is 17.3. The molecule has 0 aliphatic heterocycles. The molecule has 0 heterocycles. The second-order valence-electron chi connectivity index (χ2n) is 7.64. The Hall–Kier alpha value is -3.04. The van der Waals surface area contributed by atoms with Gasteiger partial charge in [0.1, 0.15) is 0 Å². The zero-order valence-electron chi connectivity index (χ0n) is 16.5. The normalized spacial score (nSPS) is 12.5. The number of anilines is 2. The molecule has 0 radical (unpaired) electrons. The van der Waals surface area contributed by atoms with Crippen LogP contribution in [0.25, 0.3) is 21.5 Å². The van der Waals surface area contributed by atoms with Gasteiger partial charge in [-0.3, -0.25) is 5.41 Å². The number of halogens is 1. The number of hydrogen-bond acceptors (Lipinski definition) is 1. The SMILES string of the molecule is CN(C(=N)N(C)c1ccc2c3c(cccc13)CC2)c1ccc(Cl)c2ccccc12. The fourth-order valence-electron chi connectivity index (χ4n) is 4.52. The van der Waals surface area contributed by atoms with Gasteiger partial charge in [0.2, 0.25) is 5.96 Å². The first-order chi connectivity index (χ1) is 14.1. The molecule has 144 valence electrons. The summed E-state index contributed by atoms with van der Waals surface area (Å²) in [6.07, 6.45) is 2.21. The summed E-state index contributed by atoms with van der Waals surface area (Å²) in [6, 6.07) is 22.8. The Kier molecular flexibility index (Phi) is 4.21. The Morgan fingerprint density at radius 2 is 1.31 bits per heavy atom. The van der Waals surface area contributed by atoms with Gasteiger partial charge in [0.15, 0.2) is 0 Å². The highest BCUT2D eigenvalue weighted by molar-refractivity contribution is 6.36. The first kappa shape index (κ1) is 18.0. The molecule has 29 heavy (non-hydrogen) atoms. The summed E-state index contributed by atoms with van der Waals surface area (Å²) in [5.41, 5.74) is 4.85. The molecule has 0 amide bonds. The van der Waals surface area contributed by atoms with Gasteiger partial charge in [0, 0.05) is 35.3 Å². The molecule has 0 atom stereocenters. The van der Waals surface area contributed by atoms with Crippen LogP contribution < -0.4 is 9.80 Å². The number of hydrogen-bond donors (Lipinski definition) is 1. The summed E-state index contributed by atoms with van der Waals surface area (Å²) < 4.78 is 0. The van der Waals surface area contributed by atoms with Crippen LogP contribution >= 0.6 is 11.6 Å². The molecule has 0 unspecified atom stereocenters. The Bertz CT molecular complexity index is 1270. The molecule has 0 bridgehead atoms. The lowest BCUT2D eigenvalue weighted by molar-refractivity contribution is 1.02. The van der Waals surface area contributed by atoms with Gasteiger partial charge < -0.3 is 9.80 Å². The number of benzene rings is 4. The van der Waals surface area contributed by atoms with Crippen molar-refractivity contribution in [3.63, 3.8) is 0 Å². The first-order valence-corrected chi connectivity index (χ1v) is 10.2. The quantitative estimate of drug-likeness (QED) is 0.319. The predicted octanol–water partition coefficient (Wildman–Crippen LogP) is 6.25. The molecule has 4 aromatic carbocycles. The third-order valence-electron chi connectivity index (χ3n) is 6.06. The van der Waals surface area contributed by atoms with Crippen molar-refractivity contribution in [1.82, 2.24) is 0 Å². The maximum absolute atomic E-state index is 8.92. The number of nitrogens with zero attached hydrogens (tertiary/aromatic N) is 2. The van der Waals surface area contributed by atoms with E-state index in [9.17, 15) is 0 Å². The summed E-state index contributed by atoms with van der Waals surface area (Å²) in [5, 5.41) is 14.3. The van der Waals surface area contributed by atoms with Crippen molar-refractivity contribution in [2.75, 3.05) is 23.9 Å². The maximum Gasteiger partial charge on any atom is 0.202 e. The largest absolute Gasteiger partial charge is 0.315 e. The highest BCUT2D eigenvalue weighted by Crippen LogP contribution is 2.37. The molecular weight excluding hydrogens is 378 g/mol. The van der Waals surface area contributed by atoms with Crippen LogP contribution in [0, 0.1) is 5.41 Å². The molecule has 1 aliphatic rings. The Morgan fingerprint density at radius 1 is 0.724 bits per heavy atom. The van der Waals surface area contributed by atoms with E-state index in [1.165, 1.54) is 21.9 Å². The van der Waals surface area contributed by atoms with Crippen molar-refractivity contribution in [2.24, 2.45) is 0 Å². The van der Waals surface area contributed by atoms with Crippen LogP contribution in [0.2, 0.25) is 5.02 Å². The number of nitrogens with one attached hydrogen (secondary N) is 1. The van der Waals surface area contributed by atoms with Crippen LogP contribution in [0.4, 0.5) is 11.4 Å². The van der Waals surface area contributed by atoms with Gasteiger partial charge in [-0.25, -0.2) is 0 Å². The smallest absolute Gasteiger partial charge is 0.202 e. The van der Waals surface area contributed by atoms with E-state index in [1.807, 2.05) is 54.2 Å². The fraction of sp³-hybridized carbons (Fsp3) is 0.160. The lowest BCUT2D eigenvalue weighted by atomic mass is 10.0. The molecule has 0 spiro atoms. The van der Waals surface area contributed by atoms with Gasteiger partial charge >= 0.3 is 0 Å². The molecule has 4 aromatic rings. The monoisotopic (exact) mass is 399 g/mol. The molecule has 4 heteroatoms. The van der Waals surface area contributed by atoms with Crippen molar-refractivity contribution in [1.29, 1.82) is 5.41 Å². The molecular formula is C25H22ClN3. The highest BCUT2D eigenvalue weighted by atomic mass is 35.5. The first-order valence-electron chi connectivity index (χ1n) is 9.83. The number of aryl methyl sites for hydroxylation is 2. The Balaban J connectivity index is 1.57. The topological polar surface area (TPSA) is 30.3 Å². The molecule has 1 aliphatic carbocycles. The van der Waals surface area contributed by atoms with Crippen LogP contribution in [0.1, 0.15) is 11.1 Å². The van der Waals surface area contributed by atoms with E-state index in [2.05, 4.69) is 36.4 Å². The van der Waals surface area contributed by atoms with E-state index >= 15 is 0 Å². The van der Waals surface area contributed by atoms with Crippen molar-refractivity contribution in [2.45, 2.75) is 12.8 Å². The van der Waals surface area contributed by atoms with Crippen molar-refractivity contribution in [3.05, 3.63) is 82.9 Å². The van der Waals surface area contributed by atoms with Crippen LogP contribution in [0.15, 0.2) is 66.7 Å². The van der Waals surface area contributed by atoms with E-state index < -0.39 is 0 Å². The second kappa shape index (κ2) is 6.78. The Morgan fingerprint density at radius 3 is 2.07 bits per heavy atom. The minimum Gasteiger partial charge on any atom is -0.315 e. The standard InChI is InChI=1S/C25H22ClN3/c1-28(22-15-13-21(26)18-7-3-4-8-19(18)22)25(27)29(2)23-14-12-17-11-10-16-6-5-9-20(23)24(16)17/h3-9,12-15,27H,10-11H2,1-2H3. The third-order valence-corrected chi connectivity index (χ3v) is 6.39. The minimum atomic E-state index is 0.413. The van der Waals surface area contributed by atoms with Gasteiger partial charge in [-0.05, 0) is 47.6 Å². The van der Waals surface area contributed by atoms with E-state index in [1.54, 1.807) is 0 Å². The average Bonchev–Trinajstić information content (AvgIpc) is 3.18. The number of rotatable bonds is 2. The van der Waals surface area contributed by atoms with Gasteiger partial charge in [0.05, 0.1) is 11.4 Å². The van der Waals surface area contributed by atoms with Crippen molar-refractivity contribution in [3.8, 4) is 0 Å². The summed E-state index contributed by atoms with van der Waals surface area (Å²) >= 11 is 6.39. The Labute approximate surface area is 175 Å². The zero-order chi connectivity index (χ0) is 20.1. The number of guanidine groups is 1. The predicted molar refractivity (Wildman–Crippen MR) is 125 cm³/mol. The lowest BCUT2D eigenvalue weighted by Gasteiger charge is -2.30. The molecule has 0 aromatic heterocycles. The van der Waals surface area contributed by atoms with Crippen molar-refractivity contribution >= 4 is 50.5 Å². The summed E-state index contributed by atoms with van der Waals surface area (Å²) in [7, 11) is 3.91. The molecule has 3 nitrogen and oxygen atoms in total. The molecule has 0 fully saturated rings. The van der Waals surface area contributed by atoms with Crippen LogP contribution in [0.3, 0.4) is 0 Å². The summed E-state index contributed by atoms with van der Waals surface area (Å²) in [5.74, 6) is 0.413. The van der Waals surface area contributed by atoms with Crippen molar-refractivity contribution < 1.29 is 0 Å². The van der Waals surface area contributed by atoms with E-state index in [0.29, 0.717) is 5.96 Å². The van der Waals surface area contributed by atoms with Gasteiger partial charge in [-0.2, -0.15) is 0 Å². The maximum atomic E-state index is 8.92. The van der Waals surface area contributed by atoms with E-state index in [0.717, 1.165) is 40.0 Å². The molecule has 0 saturated carbocycles. The van der Waals surface area contributed by atoms with Gasteiger partial charge in [0.25, 0.3) is 0 Å². The van der Waals surface area contributed by atoms with Crippen LogP contribution in [-0.4, -0.2) is 20.1 Å². The highest BCUT2D eigenvalue weighted by Gasteiger charge is 2.21. The average molecular weight is 400 g/mol. The van der Waals surface area contributed by atoms with E-state index in [-0.39, 0.29) is 0 Å². The minimum absolute atomic E-state index is 0.413. The van der Waals surface area contributed by atoms with E-state index in [4.69, 9.17) is 17.0 Å². The second-order valence-corrected chi connectivity index (χ2v) is 8.04. The molecule has 5 rings (SSSR count). The fourth-order valence-corrected chi connectivity index (χ4v) is 4.74. The lowest BCUT2D eigenvalue weighted by Crippen LogP contribution is -2.39. The number of fused-ring (bicyclic) bond motifs is 1. The molecule has 0 saturated heterocycles. The van der Waals surface area contributed by atoms with Crippen LogP contribution in [-0.2, 0) is 12.8 Å². The van der Waals surface area contributed by atoms with Gasteiger partial charge in [-0.1, -0.05) is 60.1 Å². The third kappa shape index (κ3) is 2.77. The summed E-state index contributed by atoms with van der Waals surface area (Å²) in [6.45, 7) is 0. The summed E-state index contributed by atoms with van der Waals surface area (Å²) in [4.78, 5) is 3.88.